The van der Waals surface area contributed by atoms with Gasteiger partial charge in [-0.25, -0.2) is 4.79 Å². The zero-order chi connectivity index (χ0) is 18.4. The molecule has 1 unspecified atom stereocenters. The van der Waals surface area contributed by atoms with Crippen LogP contribution < -0.4 is 4.74 Å². The van der Waals surface area contributed by atoms with E-state index in [1.165, 1.54) is 31.2 Å². The summed E-state index contributed by atoms with van der Waals surface area (Å²) in [5, 5.41) is 0. The van der Waals surface area contributed by atoms with Crippen molar-refractivity contribution in [1.82, 2.24) is 0 Å². The topological polar surface area (TPSA) is 35.5 Å². The van der Waals surface area contributed by atoms with Crippen LogP contribution >= 0.6 is 0 Å². The maximum Gasteiger partial charge on any atom is 0.523 e. The second kappa shape index (κ2) is 8.16. The zero-order valence-electron chi connectivity index (χ0n) is 14.0. The average Bonchev–Trinajstić information content (AvgIpc) is 2.55. The van der Waals surface area contributed by atoms with Crippen molar-refractivity contribution < 1.29 is 27.4 Å². The van der Waals surface area contributed by atoms with E-state index >= 15 is 0 Å². The molecule has 25 heavy (non-hydrogen) atoms. The van der Waals surface area contributed by atoms with Crippen LogP contribution in [0.5, 0.6) is 5.75 Å². The summed E-state index contributed by atoms with van der Waals surface area (Å²) in [7, 11) is 0. The second-order valence-corrected chi connectivity index (χ2v) is 5.61. The number of carbonyl (C=O) groups excluding carboxylic acids is 1. The average molecular weight is 352 g/mol. The maximum atomic E-state index is 12.2. The van der Waals surface area contributed by atoms with E-state index < -0.39 is 18.4 Å². The van der Waals surface area contributed by atoms with Crippen molar-refractivity contribution in [2.45, 2.75) is 39.2 Å². The third kappa shape index (κ3) is 5.90. The van der Waals surface area contributed by atoms with Crippen LogP contribution in [0.15, 0.2) is 48.5 Å². The van der Waals surface area contributed by atoms with Gasteiger partial charge in [0, 0.05) is 0 Å². The molecule has 0 spiro atoms. The lowest BCUT2D eigenvalue weighted by Crippen LogP contribution is -2.16. The lowest BCUT2D eigenvalue weighted by atomic mass is 10.1. The Hall–Kier alpha value is -2.34. The highest BCUT2D eigenvalue weighted by Gasteiger charge is 2.32. The normalized spacial score (nSPS) is 12.7. The van der Waals surface area contributed by atoms with Crippen molar-refractivity contribution >= 4 is 5.97 Å². The summed E-state index contributed by atoms with van der Waals surface area (Å²) in [5.74, 6) is -0.263. The smallest absolute Gasteiger partial charge is 0.423 e. The summed E-state index contributed by atoms with van der Waals surface area (Å²) in [6.45, 7) is 3.37. The lowest BCUT2D eigenvalue weighted by Gasteiger charge is -2.15. The van der Waals surface area contributed by atoms with Crippen LogP contribution in [0.4, 0.5) is 13.2 Å². The maximum absolute atomic E-state index is 12.2. The van der Waals surface area contributed by atoms with E-state index in [0.717, 1.165) is 18.4 Å². The molecule has 0 aliphatic carbocycles. The number of rotatable bonds is 6. The summed E-state index contributed by atoms with van der Waals surface area (Å²) in [6.07, 6.45) is -3.88. The number of ether oxygens (including phenoxy) is 2. The highest BCUT2D eigenvalue weighted by Crippen LogP contribution is 2.28. The van der Waals surface area contributed by atoms with Gasteiger partial charge in [0.25, 0.3) is 0 Å². The summed E-state index contributed by atoms with van der Waals surface area (Å²) in [4.78, 5) is 12.1. The SMILES string of the molecule is CCCc1ccc(C(=O)Oc2ccc(C(C)OC(F)(F)F)cc2)cc1. The summed E-state index contributed by atoms with van der Waals surface area (Å²) in [6, 6.07) is 12.9. The molecule has 2 rings (SSSR count). The molecule has 0 aromatic heterocycles. The molecular formula is C19H19F3O3. The predicted molar refractivity (Wildman–Crippen MR) is 87.4 cm³/mol. The molecule has 0 aliphatic rings. The largest absolute Gasteiger partial charge is 0.523 e. The molecule has 0 N–H and O–H groups in total. The van der Waals surface area contributed by atoms with Crippen molar-refractivity contribution in [2.75, 3.05) is 0 Å². The number of halogens is 3. The molecule has 0 radical (unpaired) electrons. The molecule has 134 valence electrons. The van der Waals surface area contributed by atoms with Gasteiger partial charge in [0.2, 0.25) is 0 Å². The van der Waals surface area contributed by atoms with Gasteiger partial charge < -0.3 is 4.74 Å². The van der Waals surface area contributed by atoms with E-state index in [0.29, 0.717) is 11.1 Å². The molecular weight excluding hydrogens is 333 g/mol. The molecule has 0 bridgehead atoms. The molecule has 3 nitrogen and oxygen atoms in total. The van der Waals surface area contributed by atoms with Crippen LogP contribution in [0.1, 0.15) is 47.9 Å². The van der Waals surface area contributed by atoms with E-state index in [2.05, 4.69) is 11.7 Å². The fourth-order valence-electron chi connectivity index (χ4n) is 2.34. The molecule has 0 saturated heterocycles. The molecule has 1 atom stereocenters. The van der Waals surface area contributed by atoms with Gasteiger partial charge in [-0.15, -0.1) is 13.2 Å². The van der Waals surface area contributed by atoms with Crippen LogP contribution in [0.25, 0.3) is 0 Å². The minimum Gasteiger partial charge on any atom is -0.423 e. The summed E-state index contributed by atoms with van der Waals surface area (Å²) < 4.78 is 45.8. The minimum absolute atomic E-state index is 0.255. The first-order chi connectivity index (χ1) is 11.8. The number of aryl methyl sites for hydroxylation is 1. The highest BCUT2D eigenvalue weighted by molar-refractivity contribution is 5.91. The molecule has 2 aromatic carbocycles. The molecule has 6 heteroatoms. The third-order valence-corrected chi connectivity index (χ3v) is 3.60. The van der Waals surface area contributed by atoms with Gasteiger partial charge in [-0.3, -0.25) is 4.74 Å². The summed E-state index contributed by atoms with van der Waals surface area (Å²) in [5.41, 5.74) is 1.89. The highest BCUT2D eigenvalue weighted by atomic mass is 19.4. The monoisotopic (exact) mass is 352 g/mol. The number of hydrogen-bond donors (Lipinski definition) is 0. The standard InChI is InChI=1S/C19H19F3O3/c1-3-4-14-5-7-16(8-6-14)18(23)24-17-11-9-15(10-12-17)13(2)25-19(20,21)22/h5-13H,3-4H2,1-2H3. The van der Waals surface area contributed by atoms with E-state index in [9.17, 15) is 18.0 Å². The number of hydrogen-bond acceptors (Lipinski definition) is 3. The Morgan fingerprint density at radius 2 is 1.64 bits per heavy atom. The zero-order valence-corrected chi connectivity index (χ0v) is 14.0. The third-order valence-electron chi connectivity index (χ3n) is 3.60. The van der Waals surface area contributed by atoms with Crippen LogP contribution in [-0.4, -0.2) is 12.3 Å². The quantitative estimate of drug-likeness (QED) is 0.512. The Labute approximate surface area is 144 Å². The first-order valence-corrected chi connectivity index (χ1v) is 7.94. The number of benzene rings is 2. The molecule has 0 saturated carbocycles. The van der Waals surface area contributed by atoms with E-state index in [4.69, 9.17) is 4.74 Å². The van der Waals surface area contributed by atoms with Crippen LogP contribution in [-0.2, 0) is 11.2 Å². The number of alkyl halides is 3. The van der Waals surface area contributed by atoms with Crippen molar-refractivity contribution in [3.63, 3.8) is 0 Å². The Kier molecular flexibility index (Phi) is 6.20. The fourth-order valence-corrected chi connectivity index (χ4v) is 2.34. The van der Waals surface area contributed by atoms with Gasteiger partial charge >= 0.3 is 12.3 Å². The van der Waals surface area contributed by atoms with Gasteiger partial charge in [0.1, 0.15) is 5.75 Å². The van der Waals surface area contributed by atoms with Crippen LogP contribution in [0, 0.1) is 0 Å². The Bertz CT molecular complexity index is 691. The summed E-state index contributed by atoms with van der Waals surface area (Å²) >= 11 is 0. The van der Waals surface area contributed by atoms with Gasteiger partial charge in [-0.2, -0.15) is 0 Å². The number of esters is 1. The molecule has 0 aliphatic heterocycles. The van der Waals surface area contributed by atoms with Gasteiger partial charge in [-0.1, -0.05) is 37.6 Å². The van der Waals surface area contributed by atoms with E-state index in [-0.39, 0.29) is 5.75 Å². The van der Waals surface area contributed by atoms with Crippen LogP contribution in [0.3, 0.4) is 0 Å². The first-order valence-electron chi connectivity index (χ1n) is 7.94. The fraction of sp³-hybridized carbons (Fsp3) is 0.316. The van der Waals surface area contributed by atoms with Crippen molar-refractivity contribution in [3.05, 3.63) is 65.2 Å². The van der Waals surface area contributed by atoms with E-state index in [1.807, 2.05) is 12.1 Å². The first kappa shape index (κ1) is 19.0. The molecule has 0 fully saturated rings. The second-order valence-electron chi connectivity index (χ2n) is 5.61. The predicted octanol–water partition coefficient (Wildman–Crippen LogP) is 5.46. The van der Waals surface area contributed by atoms with Gasteiger partial charge in [0.05, 0.1) is 11.7 Å². The van der Waals surface area contributed by atoms with Crippen LogP contribution in [0.2, 0.25) is 0 Å². The lowest BCUT2D eigenvalue weighted by molar-refractivity contribution is -0.342. The number of carbonyl (C=O) groups is 1. The Morgan fingerprint density at radius 3 is 2.16 bits per heavy atom. The Morgan fingerprint density at radius 1 is 1.04 bits per heavy atom. The molecule has 0 amide bonds. The van der Waals surface area contributed by atoms with Crippen molar-refractivity contribution in [3.8, 4) is 5.75 Å². The van der Waals surface area contributed by atoms with Gasteiger partial charge in [-0.05, 0) is 48.7 Å². The van der Waals surface area contributed by atoms with Crippen molar-refractivity contribution in [1.29, 1.82) is 0 Å². The van der Waals surface area contributed by atoms with Gasteiger partial charge in [0.15, 0.2) is 0 Å². The van der Waals surface area contributed by atoms with Crippen molar-refractivity contribution in [2.24, 2.45) is 0 Å². The van der Waals surface area contributed by atoms with E-state index in [1.54, 1.807) is 12.1 Å². The molecule has 2 aromatic rings. The Balaban J connectivity index is 1.99. The molecule has 0 heterocycles. The minimum atomic E-state index is -4.70.